The Morgan fingerprint density at radius 3 is 1.92 bits per heavy atom. The van der Waals surface area contributed by atoms with E-state index in [1.54, 1.807) is 7.11 Å². The molecule has 0 amide bonds. The number of hydrogen-bond acceptors (Lipinski definition) is 4. The quantitative estimate of drug-likeness (QED) is 0.244. The van der Waals surface area contributed by atoms with Crippen LogP contribution in [-0.4, -0.2) is 50.0 Å². The predicted molar refractivity (Wildman–Crippen MR) is 110 cm³/mol. The van der Waals surface area contributed by atoms with Gasteiger partial charge < -0.3 is 0 Å². The number of esters is 1. The summed E-state index contributed by atoms with van der Waals surface area (Å²) in [5, 5.41) is 0. The van der Waals surface area contributed by atoms with Crippen molar-refractivity contribution in [3.05, 3.63) is 0 Å². The monoisotopic (exact) mass is 478 g/mol. The Hall–Kier alpha value is 0.189. The minimum absolute atomic E-state index is 0.0232. The van der Waals surface area contributed by atoms with Gasteiger partial charge in [0, 0.05) is 0 Å². The van der Waals surface area contributed by atoms with Crippen molar-refractivity contribution >= 4 is 24.3 Å². The molecule has 0 spiro atoms. The molecule has 1 aliphatic heterocycles. The second kappa shape index (κ2) is 11.9. The van der Waals surface area contributed by atoms with E-state index in [0.717, 1.165) is 6.42 Å². The van der Waals surface area contributed by atoms with Crippen LogP contribution in [0.5, 0.6) is 0 Å². The zero-order valence-corrected chi connectivity index (χ0v) is 20.9. The summed E-state index contributed by atoms with van der Waals surface area (Å²) in [6.07, 6.45) is 8.21. The number of carbonyl (C=O) groups excluding carboxylic acids is 1. The number of carbonyl (C=O) groups is 1. The molecular formula is C21H42O4Sn. The molecule has 1 fully saturated rings. The van der Waals surface area contributed by atoms with Crippen molar-refractivity contribution in [2.75, 3.05) is 13.7 Å². The van der Waals surface area contributed by atoms with Crippen LogP contribution in [0.4, 0.5) is 0 Å². The van der Waals surface area contributed by atoms with Gasteiger partial charge in [0.1, 0.15) is 0 Å². The Morgan fingerprint density at radius 2 is 1.58 bits per heavy atom. The molecule has 0 aromatic rings. The zero-order chi connectivity index (χ0) is 19.6. The van der Waals surface area contributed by atoms with Gasteiger partial charge in [-0.2, -0.15) is 0 Å². The molecule has 2 atom stereocenters. The Bertz CT molecular complexity index is 389. The molecule has 154 valence electrons. The van der Waals surface area contributed by atoms with E-state index < -0.39 is 24.2 Å². The molecule has 0 aromatic heterocycles. The van der Waals surface area contributed by atoms with Crippen LogP contribution < -0.4 is 0 Å². The van der Waals surface area contributed by atoms with Crippen LogP contribution in [0, 0.1) is 0 Å². The van der Waals surface area contributed by atoms with Gasteiger partial charge in [0.2, 0.25) is 0 Å². The fraction of sp³-hybridized carbons (Fsp3) is 0.952. The summed E-state index contributed by atoms with van der Waals surface area (Å²) >= 11 is -2.73. The van der Waals surface area contributed by atoms with Gasteiger partial charge in [-0.3, -0.25) is 0 Å². The molecule has 0 saturated carbocycles. The van der Waals surface area contributed by atoms with Crippen molar-refractivity contribution in [3.8, 4) is 0 Å². The predicted octanol–water partition coefficient (Wildman–Crippen LogP) is 5.92. The molecule has 0 aliphatic carbocycles. The van der Waals surface area contributed by atoms with Crippen molar-refractivity contribution in [1.29, 1.82) is 0 Å². The van der Waals surface area contributed by atoms with Crippen LogP contribution in [-0.2, 0) is 19.0 Å². The van der Waals surface area contributed by atoms with Gasteiger partial charge in [-0.1, -0.05) is 0 Å². The molecule has 1 saturated heterocycles. The van der Waals surface area contributed by atoms with Crippen molar-refractivity contribution in [2.45, 2.75) is 109 Å². The van der Waals surface area contributed by atoms with Crippen LogP contribution in [0.2, 0.25) is 17.2 Å². The van der Waals surface area contributed by atoms with E-state index in [-0.39, 0.29) is 16.0 Å². The minimum atomic E-state index is -2.73. The molecule has 1 heterocycles. The first kappa shape index (κ1) is 24.2. The molecule has 0 bridgehead atoms. The van der Waals surface area contributed by atoms with Gasteiger partial charge in [-0.05, 0) is 0 Å². The van der Waals surface area contributed by atoms with Crippen LogP contribution >= 0.6 is 0 Å². The molecular weight excluding hydrogens is 435 g/mol. The summed E-state index contributed by atoms with van der Waals surface area (Å²) < 4.78 is 21.2. The maximum atomic E-state index is 12.9. The number of hydrogen-bond donors (Lipinski definition) is 0. The van der Waals surface area contributed by atoms with E-state index >= 15 is 0 Å². The average Bonchev–Trinajstić information content (AvgIpc) is 2.97. The number of methoxy groups -OCH3 is 1. The number of unbranched alkanes of at least 4 members (excludes halogenated alkanes) is 3. The summed E-state index contributed by atoms with van der Waals surface area (Å²) in [5.41, 5.74) is 0. The molecule has 0 aromatic carbocycles. The van der Waals surface area contributed by atoms with Gasteiger partial charge in [-0.25, -0.2) is 0 Å². The molecule has 1 rings (SSSR count). The van der Waals surface area contributed by atoms with Gasteiger partial charge in [-0.15, -0.1) is 0 Å². The van der Waals surface area contributed by atoms with E-state index in [2.05, 4.69) is 20.8 Å². The molecule has 26 heavy (non-hydrogen) atoms. The SMILES string of the molecule is CCC[CH2][Sn]([CH2]CCC)([CH2]CCC)[C@H](C[C@@H]1COC(C)(C)O1)C(=O)OC. The topological polar surface area (TPSA) is 44.8 Å². The summed E-state index contributed by atoms with van der Waals surface area (Å²) in [6, 6.07) is 0. The number of ether oxygens (including phenoxy) is 3. The summed E-state index contributed by atoms with van der Waals surface area (Å²) in [7, 11) is 1.56. The second-order valence-electron chi connectivity index (χ2n) is 8.44. The van der Waals surface area contributed by atoms with Gasteiger partial charge in [0.05, 0.1) is 0 Å². The second-order valence-corrected chi connectivity index (χ2v) is 22.5. The van der Waals surface area contributed by atoms with E-state index in [1.165, 1.54) is 51.8 Å². The van der Waals surface area contributed by atoms with Gasteiger partial charge in [0.15, 0.2) is 0 Å². The molecule has 4 nitrogen and oxygen atoms in total. The Kier molecular flexibility index (Phi) is 11.1. The fourth-order valence-corrected chi connectivity index (χ4v) is 22.5. The summed E-state index contributed by atoms with van der Waals surface area (Å²) in [5.74, 6) is -0.503. The first-order valence-corrected chi connectivity index (χ1v) is 18.4. The van der Waals surface area contributed by atoms with E-state index in [4.69, 9.17) is 14.2 Å². The zero-order valence-electron chi connectivity index (χ0n) is 18.1. The van der Waals surface area contributed by atoms with Crippen molar-refractivity contribution in [1.82, 2.24) is 0 Å². The maximum absolute atomic E-state index is 12.9. The molecule has 0 unspecified atom stereocenters. The third-order valence-corrected chi connectivity index (χ3v) is 23.0. The van der Waals surface area contributed by atoms with Crippen molar-refractivity contribution in [2.24, 2.45) is 0 Å². The van der Waals surface area contributed by atoms with Gasteiger partial charge in [0.25, 0.3) is 0 Å². The van der Waals surface area contributed by atoms with Crippen molar-refractivity contribution < 1.29 is 19.0 Å². The molecule has 0 radical (unpaired) electrons. The Labute approximate surface area is 165 Å². The van der Waals surface area contributed by atoms with E-state index in [1.807, 2.05) is 13.8 Å². The molecule has 5 heteroatoms. The third-order valence-electron chi connectivity index (χ3n) is 5.88. The molecule has 0 N–H and O–H groups in total. The third kappa shape index (κ3) is 7.31. The Morgan fingerprint density at radius 1 is 1.08 bits per heavy atom. The Balaban J connectivity index is 3.09. The average molecular weight is 477 g/mol. The number of rotatable bonds is 13. The normalized spacial score (nSPS) is 20.9. The van der Waals surface area contributed by atoms with E-state index in [0.29, 0.717) is 6.61 Å². The molecule has 1 aliphatic rings. The fourth-order valence-electron chi connectivity index (χ4n) is 4.36. The van der Waals surface area contributed by atoms with Crippen LogP contribution in [0.15, 0.2) is 0 Å². The summed E-state index contributed by atoms with van der Waals surface area (Å²) in [6.45, 7) is 11.3. The first-order valence-electron chi connectivity index (χ1n) is 10.7. The summed E-state index contributed by atoms with van der Waals surface area (Å²) in [4.78, 5) is 12.9. The van der Waals surface area contributed by atoms with E-state index in [9.17, 15) is 4.79 Å². The van der Waals surface area contributed by atoms with Crippen LogP contribution in [0.1, 0.15) is 79.6 Å². The van der Waals surface area contributed by atoms with Gasteiger partial charge >= 0.3 is 166 Å². The first-order chi connectivity index (χ1) is 12.3. The van der Waals surface area contributed by atoms with Crippen molar-refractivity contribution in [3.63, 3.8) is 0 Å². The van der Waals surface area contributed by atoms with Crippen LogP contribution in [0.3, 0.4) is 0 Å². The van der Waals surface area contributed by atoms with Crippen LogP contribution in [0.25, 0.3) is 0 Å². The standard InChI is InChI=1S/C9H15O4.3C4H9.Sn/c1-9(2)12-6-7(13-9)4-5-8(10)11-3;3*1-3-4-2;/h5,7H,4,6H2,1-3H3;3*1,3-4H2,2H3;/t7-;;;;/m1..../s1.